The van der Waals surface area contributed by atoms with E-state index in [0.717, 1.165) is 50.3 Å². The molecule has 0 fully saturated rings. The van der Waals surface area contributed by atoms with Crippen LogP contribution in [0.1, 0.15) is 16.7 Å². The maximum atomic E-state index is 6.15. The van der Waals surface area contributed by atoms with E-state index in [-0.39, 0.29) is 0 Å². The summed E-state index contributed by atoms with van der Waals surface area (Å²) in [5.74, 6) is 1.55. The molecule has 1 aliphatic rings. The van der Waals surface area contributed by atoms with Gasteiger partial charge in [-0.1, -0.05) is 30.3 Å². The minimum absolute atomic E-state index is 0.616. The second-order valence-corrected chi connectivity index (χ2v) is 7.43. The summed E-state index contributed by atoms with van der Waals surface area (Å²) in [5, 5.41) is 11.7. The van der Waals surface area contributed by atoms with Gasteiger partial charge in [0.15, 0.2) is 5.65 Å². The Morgan fingerprint density at radius 3 is 2.81 bits per heavy atom. The molecule has 1 aliphatic heterocycles. The highest BCUT2D eigenvalue weighted by Crippen LogP contribution is 2.33. The SMILES string of the molecule is CN(C)CCNc1nc2n[nH]c(N)c2c2c1CN(Cc1ccccc1)CC2. The first kappa shape index (κ1) is 17.8. The van der Waals surface area contributed by atoms with Crippen molar-refractivity contribution in [2.45, 2.75) is 19.5 Å². The molecular formula is C20H27N7. The van der Waals surface area contributed by atoms with Crippen molar-refractivity contribution in [3.05, 3.63) is 47.0 Å². The van der Waals surface area contributed by atoms with Crippen molar-refractivity contribution in [2.24, 2.45) is 0 Å². The molecule has 0 saturated heterocycles. The zero-order valence-corrected chi connectivity index (χ0v) is 16.0. The fourth-order valence-electron chi connectivity index (χ4n) is 3.73. The highest BCUT2D eigenvalue weighted by Gasteiger charge is 2.25. The van der Waals surface area contributed by atoms with Crippen LogP contribution in [0.3, 0.4) is 0 Å². The molecule has 4 rings (SSSR count). The number of hydrogen-bond acceptors (Lipinski definition) is 6. The predicted octanol–water partition coefficient (Wildman–Crippen LogP) is 2.07. The summed E-state index contributed by atoms with van der Waals surface area (Å²) in [5.41, 5.74) is 10.7. The van der Waals surface area contributed by atoms with Crippen LogP contribution < -0.4 is 11.1 Å². The summed E-state index contributed by atoms with van der Waals surface area (Å²) in [6.07, 6.45) is 0.952. The molecule has 0 saturated carbocycles. The van der Waals surface area contributed by atoms with Crippen molar-refractivity contribution in [1.82, 2.24) is 25.0 Å². The molecule has 0 aliphatic carbocycles. The number of H-pyrrole nitrogens is 1. The van der Waals surface area contributed by atoms with Gasteiger partial charge in [-0.3, -0.25) is 10.00 Å². The van der Waals surface area contributed by atoms with Gasteiger partial charge >= 0.3 is 0 Å². The maximum Gasteiger partial charge on any atom is 0.185 e. The van der Waals surface area contributed by atoms with Crippen LogP contribution in [0.15, 0.2) is 30.3 Å². The van der Waals surface area contributed by atoms with Gasteiger partial charge in [-0.2, -0.15) is 5.10 Å². The molecule has 0 spiro atoms. The van der Waals surface area contributed by atoms with Gasteiger partial charge in [0.25, 0.3) is 0 Å². The molecule has 7 heteroatoms. The molecule has 0 radical (unpaired) electrons. The smallest absolute Gasteiger partial charge is 0.185 e. The Labute approximate surface area is 159 Å². The summed E-state index contributed by atoms with van der Waals surface area (Å²) in [6.45, 7) is 4.60. The van der Waals surface area contributed by atoms with Gasteiger partial charge in [0.1, 0.15) is 11.6 Å². The number of rotatable bonds is 6. The second-order valence-electron chi connectivity index (χ2n) is 7.43. The number of aromatic nitrogens is 3. The number of benzene rings is 1. The van der Waals surface area contributed by atoms with Gasteiger partial charge in [-0.15, -0.1) is 0 Å². The van der Waals surface area contributed by atoms with Gasteiger partial charge < -0.3 is 16.0 Å². The molecule has 27 heavy (non-hydrogen) atoms. The zero-order valence-electron chi connectivity index (χ0n) is 16.0. The quantitative estimate of drug-likeness (QED) is 0.620. The zero-order chi connectivity index (χ0) is 18.8. The molecule has 4 N–H and O–H groups in total. The van der Waals surface area contributed by atoms with Crippen LogP contribution >= 0.6 is 0 Å². The van der Waals surface area contributed by atoms with Crippen molar-refractivity contribution in [1.29, 1.82) is 0 Å². The van der Waals surface area contributed by atoms with Crippen LogP contribution in [-0.4, -0.2) is 58.7 Å². The van der Waals surface area contributed by atoms with Crippen LogP contribution in [0.5, 0.6) is 0 Å². The molecule has 7 nitrogen and oxygen atoms in total. The molecule has 0 atom stereocenters. The van der Waals surface area contributed by atoms with E-state index >= 15 is 0 Å². The Morgan fingerprint density at radius 1 is 1.22 bits per heavy atom. The number of nitrogens with two attached hydrogens (primary N) is 1. The van der Waals surface area contributed by atoms with Crippen molar-refractivity contribution in [3.63, 3.8) is 0 Å². The van der Waals surface area contributed by atoms with Gasteiger partial charge in [-0.05, 0) is 31.6 Å². The third kappa shape index (κ3) is 3.74. The molecule has 1 aromatic carbocycles. The first-order valence-corrected chi connectivity index (χ1v) is 9.42. The summed E-state index contributed by atoms with van der Waals surface area (Å²) >= 11 is 0. The Bertz CT molecular complexity index is 917. The Kier molecular flexibility index (Phi) is 4.96. The Balaban J connectivity index is 1.64. The van der Waals surface area contributed by atoms with Gasteiger partial charge in [0, 0.05) is 38.3 Å². The highest BCUT2D eigenvalue weighted by molar-refractivity contribution is 5.92. The number of fused-ring (bicyclic) bond motifs is 3. The maximum absolute atomic E-state index is 6.15. The lowest BCUT2D eigenvalue weighted by atomic mass is 9.97. The summed E-state index contributed by atoms with van der Waals surface area (Å²) in [4.78, 5) is 9.40. The molecular weight excluding hydrogens is 338 g/mol. The van der Waals surface area contributed by atoms with E-state index in [1.807, 2.05) is 0 Å². The molecule has 0 unspecified atom stereocenters. The fourth-order valence-corrected chi connectivity index (χ4v) is 3.73. The summed E-state index contributed by atoms with van der Waals surface area (Å²) in [7, 11) is 4.15. The van der Waals surface area contributed by atoms with Crippen LogP contribution in [0, 0.1) is 0 Å². The van der Waals surface area contributed by atoms with E-state index < -0.39 is 0 Å². The van der Waals surface area contributed by atoms with E-state index in [9.17, 15) is 0 Å². The van der Waals surface area contributed by atoms with Crippen LogP contribution in [0.25, 0.3) is 11.0 Å². The lowest BCUT2D eigenvalue weighted by Gasteiger charge is -2.30. The standard InChI is InChI=1S/C20H27N7/c1-26(2)11-9-22-19-16-13-27(12-14-6-4-3-5-7-14)10-8-15(16)17-18(21)24-25-20(17)23-19/h3-7H,8-13H2,1-2H3,(H4,21,22,23,24,25). The molecule has 2 aromatic heterocycles. The predicted molar refractivity (Wildman–Crippen MR) is 110 cm³/mol. The number of nitrogen functional groups attached to an aromatic ring is 1. The van der Waals surface area contributed by atoms with Gasteiger partial charge in [0.05, 0.1) is 5.39 Å². The van der Waals surface area contributed by atoms with Crippen molar-refractivity contribution < 1.29 is 0 Å². The number of aromatic amines is 1. The van der Waals surface area contributed by atoms with E-state index in [4.69, 9.17) is 10.7 Å². The number of hydrogen-bond donors (Lipinski definition) is 3. The highest BCUT2D eigenvalue weighted by atomic mass is 15.2. The van der Waals surface area contributed by atoms with Gasteiger partial charge in [-0.25, -0.2) is 4.98 Å². The Morgan fingerprint density at radius 2 is 2.04 bits per heavy atom. The molecule has 3 heterocycles. The van der Waals surface area contributed by atoms with Crippen molar-refractivity contribution in [3.8, 4) is 0 Å². The van der Waals surface area contributed by atoms with Gasteiger partial charge in [0.2, 0.25) is 0 Å². The molecule has 3 aromatic rings. The molecule has 0 bridgehead atoms. The number of likely N-dealkylation sites (N-methyl/N-ethyl adjacent to an activating group) is 1. The summed E-state index contributed by atoms with van der Waals surface area (Å²) < 4.78 is 0. The fraction of sp³-hybridized carbons (Fsp3) is 0.400. The third-order valence-corrected chi connectivity index (χ3v) is 5.11. The van der Waals surface area contributed by atoms with Crippen LogP contribution in [0.2, 0.25) is 0 Å². The molecule has 0 amide bonds. The first-order valence-electron chi connectivity index (χ1n) is 9.42. The van der Waals surface area contributed by atoms with Crippen LogP contribution in [0.4, 0.5) is 11.6 Å². The third-order valence-electron chi connectivity index (χ3n) is 5.11. The lowest BCUT2D eigenvalue weighted by molar-refractivity contribution is 0.246. The first-order chi connectivity index (χ1) is 13.1. The number of pyridine rings is 1. The lowest BCUT2D eigenvalue weighted by Crippen LogP contribution is -2.31. The topological polar surface area (TPSA) is 86.1 Å². The largest absolute Gasteiger partial charge is 0.384 e. The van der Waals surface area contributed by atoms with Crippen molar-refractivity contribution >= 4 is 22.7 Å². The minimum Gasteiger partial charge on any atom is -0.384 e. The Hall–Kier alpha value is -2.64. The average Bonchev–Trinajstić information content (AvgIpc) is 3.03. The van der Waals surface area contributed by atoms with Crippen molar-refractivity contribution in [2.75, 3.05) is 44.8 Å². The van der Waals surface area contributed by atoms with Crippen LogP contribution in [-0.2, 0) is 19.5 Å². The van der Waals surface area contributed by atoms with E-state index in [1.54, 1.807) is 0 Å². The monoisotopic (exact) mass is 365 g/mol. The number of nitrogens with zero attached hydrogens (tertiary/aromatic N) is 4. The second kappa shape index (κ2) is 7.54. The van der Waals surface area contributed by atoms with E-state index in [1.165, 1.54) is 16.7 Å². The van der Waals surface area contributed by atoms with E-state index in [2.05, 4.69) is 69.7 Å². The summed E-state index contributed by atoms with van der Waals surface area (Å²) in [6, 6.07) is 10.6. The minimum atomic E-state index is 0.616. The average molecular weight is 365 g/mol. The molecule has 142 valence electrons. The number of nitrogens with one attached hydrogen (secondary N) is 2. The number of anilines is 2. The normalized spacial score (nSPS) is 14.6. The van der Waals surface area contributed by atoms with E-state index in [0.29, 0.717) is 11.5 Å².